The number of carbonyl (C=O) groups excluding carboxylic acids is 1. The topological polar surface area (TPSA) is 75.6 Å². The molecular weight excluding hydrogens is 468 g/mol. The Morgan fingerprint density at radius 1 is 0.967 bits per heavy atom. The number of H-pyrrole nitrogens is 1. The van der Waals surface area contributed by atoms with E-state index in [9.17, 15) is 4.79 Å². The summed E-state index contributed by atoms with van der Waals surface area (Å²) >= 11 is 24.4. The van der Waals surface area contributed by atoms with Gasteiger partial charge < -0.3 is 5.32 Å². The Labute approximate surface area is 191 Å². The highest BCUT2D eigenvalue weighted by atomic mass is 35.5. The van der Waals surface area contributed by atoms with Gasteiger partial charge in [0.25, 0.3) is 5.91 Å². The molecule has 152 valence electrons. The second-order valence-corrected chi connectivity index (χ2v) is 7.99. The van der Waals surface area contributed by atoms with Crippen molar-refractivity contribution in [2.45, 2.75) is 6.54 Å². The van der Waals surface area contributed by atoms with E-state index in [1.54, 1.807) is 41.2 Å². The molecule has 6 nitrogen and oxygen atoms in total. The molecule has 0 aliphatic rings. The van der Waals surface area contributed by atoms with Crippen molar-refractivity contribution < 1.29 is 4.79 Å². The molecule has 0 saturated carbocycles. The molecule has 4 rings (SSSR count). The Hall–Kier alpha value is -2.51. The van der Waals surface area contributed by atoms with Crippen LogP contribution in [0.2, 0.25) is 20.1 Å². The first-order valence-corrected chi connectivity index (χ1v) is 10.2. The van der Waals surface area contributed by atoms with Crippen LogP contribution in [-0.4, -0.2) is 25.9 Å². The molecule has 2 heterocycles. The SMILES string of the molecule is O=C(Nc1nn(Cc2ccccc2Cl)cc1Cl)c1cc(-c2ccc(Cl)c(Cl)c2)n[nH]1. The van der Waals surface area contributed by atoms with Gasteiger partial charge in [-0.25, -0.2) is 0 Å². The number of nitrogens with zero attached hydrogens (tertiary/aromatic N) is 3. The molecule has 0 aliphatic heterocycles. The number of hydrogen-bond acceptors (Lipinski definition) is 3. The summed E-state index contributed by atoms with van der Waals surface area (Å²) in [6.45, 7) is 0.417. The molecular formula is C20H13Cl4N5O. The molecule has 10 heteroatoms. The zero-order valence-electron chi connectivity index (χ0n) is 15.2. The summed E-state index contributed by atoms with van der Waals surface area (Å²) < 4.78 is 1.60. The maximum Gasteiger partial charge on any atom is 0.274 e. The van der Waals surface area contributed by atoms with Crippen LogP contribution in [0.5, 0.6) is 0 Å². The van der Waals surface area contributed by atoms with Gasteiger partial charge in [-0.05, 0) is 29.8 Å². The summed E-state index contributed by atoms with van der Waals surface area (Å²) in [7, 11) is 0. The van der Waals surface area contributed by atoms with Gasteiger partial charge in [-0.3, -0.25) is 14.6 Å². The zero-order chi connectivity index (χ0) is 21.3. The number of halogens is 4. The average molecular weight is 481 g/mol. The van der Waals surface area contributed by atoms with Crippen LogP contribution in [0.15, 0.2) is 54.7 Å². The van der Waals surface area contributed by atoms with Gasteiger partial charge >= 0.3 is 0 Å². The van der Waals surface area contributed by atoms with E-state index >= 15 is 0 Å². The third-order valence-electron chi connectivity index (χ3n) is 4.28. The van der Waals surface area contributed by atoms with Gasteiger partial charge in [0, 0.05) is 16.8 Å². The summed E-state index contributed by atoms with van der Waals surface area (Å²) in [4.78, 5) is 12.6. The van der Waals surface area contributed by atoms with E-state index in [0.717, 1.165) is 11.1 Å². The molecule has 0 spiro atoms. The number of rotatable bonds is 5. The van der Waals surface area contributed by atoms with Gasteiger partial charge in [-0.15, -0.1) is 0 Å². The molecule has 2 N–H and O–H groups in total. The van der Waals surface area contributed by atoms with Gasteiger partial charge in [0.05, 0.1) is 22.3 Å². The van der Waals surface area contributed by atoms with Gasteiger partial charge in [-0.2, -0.15) is 10.2 Å². The van der Waals surface area contributed by atoms with Crippen LogP contribution >= 0.6 is 46.4 Å². The molecule has 1 amide bonds. The first-order valence-electron chi connectivity index (χ1n) is 8.69. The van der Waals surface area contributed by atoms with Crippen LogP contribution in [0.3, 0.4) is 0 Å². The predicted molar refractivity (Wildman–Crippen MR) is 120 cm³/mol. The zero-order valence-corrected chi connectivity index (χ0v) is 18.2. The van der Waals surface area contributed by atoms with Crippen molar-refractivity contribution in [1.29, 1.82) is 0 Å². The van der Waals surface area contributed by atoms with Crippen molar-refractivity contribution in [1.82, 2.24) is 20.0 Å². The first kappa shape index (κ1) is 20.8. The van der Waals surface area contributed by atoms with Crippen molar-refractivity contribution in [3.8, 4) is 11.3 Å². The standard InChI is InChI=1S/C20H13Cl4N5O/c21-13-4-2-1-3-12(13)9-29-10-16(24)19(28-29)25-20(30)18-8-17(26-27-18)11-5-6-14(22)15(23)7-11/h1-8,10H,9H2,(H,26,27)(H,25,28,30). The highest BCUT2D eigenvalue weighted by Crippen LogP contribution is 2.28. The summed E-state index contributed by atoms with van der Waals surface area (Å²) in [5.74, 6) is -0.196. The molecule has 4 aromatic rings. The number of nitrogens with one attached hydrogen (secondary N) is 2. The van der Waals surface area contributed by atoms with E-state index < -0.39 is 5.91 Å². The number of hydrogen-bond donors (Lipinski definition) is 2. The lowest BCUT2D eigenvalue weighted by atomic mass is 10.1. The predicted octanol–water partition coefficient (Wildman–Crippen LogP) is 6.19. The minimum absolute atomic E-state index is 0.236. The van der Waals surface area contributed by atoms with Crippen molar-refractivity contribution in [3.05, 3.63) is 86.1 Å². The van der Waals surface area contributed by atoms with E-state index in [1.165, 1.54) is 0 Å². The van der Waals surface area contributed by atoms with Crippen LogP contribution in [0.4, 0.5) is 5.82 Å². The second kappa shape index (κ2) is 8.70. The van der Waals surface area contributed by atoms with E-state index in [1.807, 2.05) is 18.2 Å². The van der Waals surface area contributed by atoms with E-state index in [4.69, 9.17) is 46.4 Å². The average Bonchev–Trinajstić information content (AvgIpc) is 3.33. The number of benzene rings is 2. The van der Waals surface area contributed by atoms with Crippen molar-refractivity contribution in [2.75, 3.05) is 5.32 Å². The maximum atomic E-state index is 12.6. The normalized spacial score (nSPS) is 10.9. The monoisotopic (exact) mass is 479 g/mol. The van der Waals surface area contributed by atoms with Crippen LogP contribution < -0.4 is 5.32 Å². The first-order chi connectivity index (χ1) is 14.4. The van der Waals surface area contributed by atoms with Crippen LogP contribution in [0.25, 0.3) is 11.3 Å². The highest BCUT2D eigenvalue weighted by Gasteiger charge is 2.16. The van der Waals surface area contributed by atoms with Crippen LogP contribution in [0.1, 0.15) is 16.1 Å². The fourth-order valence-electron chi connectivity index (χ4n) is 2.78. The number of aromatic amines is 1. The molecule has 0 saturated heterocycles. The molecule has 0 bridgehead atoms. The summed E-state index contributed by atoms with van der Waals surface area (Å²) in [5.41, 5.74) is 2.40. The molecule has 30 heavy (non-hydrogen) atoms. The molecule has 2 aromatic carbocycles. The van der Waals surface area contributed by atoms with Gasteiger partial charge in [0.2, 0.25) is 0 Å². The number of carbonyl (C=O) groups is 1. The lowest BCUT2D eigenvalue weighted by Gasteiger charge is -2.04. The van der Waals surface area contributed by atoms with Gasteiger partial charge in [0.15, 0.2) is 5.82 Å². The Balaban J connectivity index is 1.49. The van der Waals surface area contributed by atoms with Gasteiger partial charge in [0.1, 0.15) is 10.7 Å². The van der Waals surface area contributed by atoms with E-state index in [0.29, 0.717) is 32.3 Å². The third kappa shape index (κ3) is 4.47. The van der Waals surface area contributed by atoms with Crippen molar-refractivity contribution in [2.24, 2.45) is 0 Å². The van der Waals surface area contributed by atoms with Crippen LogP contribution in [0, 0.1) is 0 Å². The molecule has 2 aromatic heterocycles. The summed E-state index contributed by atoms with van der Waals surface area (Å²) in [5, 5.41) is 15.6. The summed E-state index contributed by atoms with van der Waals surface area (Å²) in [6, 6.07) is 14.1. The molecule has 0 radical (unpaired) electrons. The second-order valence-electron chi connectivity index (χ2n) is 6.36. The lowest BCUT2D eigenvalue weighted by Crippen LogP contribution is -2.13. The lowest BCUT2D eigenvalue weighted by molar-refractivity contribution is 0.102. The Kier molecular flexibility index (Phi) is 6.01. The third-order valence-corrected chi connectivity index (χ3v) is 5.66. The molecule has 0 atom stereocenters. The van der Waals surface area contributed by atoms with Crippen LogP contribution in [-0.2, 0) is 6.54 Å². The quantitative estimate of drug-likeness (QED) is 0.357. The number of anilines is 1. The van der Waals surface area contributed by atoms with Gasteiger partial charge in [-0.1, -0.05) is 70.7 Å². The van der Waals surface area contributed by atoms with E-state index in [2.05, 4.69) is 20.6 Å². The molecule has 0 unspecified atom stereocenters. The number of aromatic nitrogens is 4. The largest absolute Gasteiger partial charge is 0.302 e. The van der Waals surface area contributed by atoms with Crippen molar-refractivity contribution >= 4 is 58.1 Å². The molecule has 0 aliphatic carbocycles. The highest BCUT2D eigenvalue weighted by molar-refractivity contribution is 6.42. The fourth-order valence-corrected chi connectivity index (χ4v) is 3.47. The smallest absolute Gasteiger partial charge is 0.274 e. The fraction of sp³-hybridized carbons (Fsp3) is 0.0500. The maximum absolute atomic E-state index is 12.6. The Morgan fingerprint density at radius 2 is 1.77 bits per heavy atom. The van der Waals surface area contributed by atoms with Crippen molar-refractivity contribution in [3.63, 3.8) is 0 Å². The minimum atomic E-state index is -0.432. The molecule has 0 fully saturated rings. The number of amides is 1. The van der Waals surface area contributed by atoms with E-state index in [-0.39, 0.29) is 11.5 Å². The Bertz CT molecular complexity index is 1230. The summed E-state index contributed by atoms with van der Waals surface area (Å²) in [6.07, 6.45) is 1.62. The minimum Gasteiger partial charge on any atom is -0.302 e. The Morgan fingerprint density at radius 3 is 2.53 bits per heavy atom.